The van der Waals surface area contributed by atoms with Crippen molar-refractivity contribution < 1.29 is 9.90 Å². The topological polar surface area (TPSA) is 62.0 Å². The molecule has 0 unspecified atom stereocenters. The smallest absolute Gasteiger partial charge is 0.179 e. The van der Waals surface area contributed by atoms with Gasteiger partial charge in [-0.25, -0.2) is 9.98 Å². The number of carbonyl (C=O) groups is 1. The van der Waals surface area contributed by atoms with Gasteiger partial charge in [0.05, 0.1) is 11.4 Å². The molecule has 0 amide bonds. The molecule has 29 heavy (non-hydrogen) atoms. The van der Waals surface area contributed by atoms with Gasteiger partial charge in [0, 0.05) is 0 Å². The SMILES string of the molecule is CC(C)C1=CC(=O)C=C(C(C)C)C1=NC=Nc1c(C(C)C)cc(O)cc1C(C)C. The highest BCUT2D eigenvalue weighted by Crippen LogP contribution is 2.38. The minimum atomic E-state index is 0.0241. The highest BCUT2D eigenvalue weighted by Gasteiger charge is 2.23. The van der Waals surface area contributed by atoms with Crippen LogP contribution in [0, 0.1) is 11.8 Å². The van der Waals surface area contributed by atoms with Crippen LogP contribution in [0.5, 0.6) is 5.75 Å². The van der Waals surface area contributed by atoms with Crippen LogP contribution < -0.4 is 0 Å². The van der Waals surface area contributed by atoms with Crippen molar-refractivity contribution in [2.45, 2.75) is 67.2 Å². The maximum Gasteiger partial charge on any atom is 0.179 e. The van der Waals surface area contributed by atoms with Crippen LogP contribution >= 0.6 is 0 Å². The molecule has 0 aliphatic heterocycles. The lowest BCUT2D eigenvalue weighted by molar-refractivity contribution is -0.110. The molecule has 4 nitrogen and oxygen atoms in total. The molecule has 0 atom stereocenters. The largest absolute Gasteiger partial charge is 0.508 e. The van der Waals surface area contributed by atoms with Gasteiger partial charge in [0.1, 0.15) is 12.1 Å². The van der Waals surface area contributed by atoms with Gasteiger partial charge in [0.15, 0.2) is 5.78 Å². The third-order valence-electron chi connectivity index (χ3n) is 5.16. The molecule has 0 saturated heterocycles. The predicted octanol–water partition coefficient (Wildman–Crippen LogP) is 6.49. The minimum absolute atomic E-state index is 0.0241. The lowest BCUT2D eigenvalue weighted by Crippen LogP contribution is -2.21. The first kappa shape index (κ1) is 22.8. The molecule has 1 N–H and O–H groups in total. The number of rotatable bonds is 6. The summed E-state index contributed by atoms with van der Waals surface area (Å²) in [6.45, 7) is 16.7. The Balaban J connectivity index is 2.58. The number of ketones is 1. The summed E-state index contributed by atoms with van der Waals surface area (Å²) in [5.74, 6) is 1.13. The molecule has 0 fully saturated rings. The van der Waals surface area contributed by atoms with E-state index in [0.717, 1.165) is 33.7 Å². The van der Waals surface area contributed by atoms with Gasteiger partial charge in [-0.2, -0.15) is 0 Å². The molecule has 0 aromatic heterocycles. The van der Waals surface area contributed by atoms with Crippen LogP contribution in [0.1, 0.15) is 78.4 Å². The van der Waals surface area contributed by atoms with Crippen molar-refractivity contribution in [1.82, 2.24) is 0 Å². The number of carbonyl (C=O) groups excluding carboxylic acids is 1. The number of allylic oxidation sites excluding steroid dienone is 4. The van der Waals surface area contributed by atoms with Crippen LogP contribution in [0.25, 0.3) is 0 Å². The number of phenols is 1. The van der Waals surface area contributed by atoms with Crippen molar-refractivity contribution in [2.24, 2.45) is 21.8 Å². The molecule has 1 aliphatic rings. The van der Waals surface area contributed by atoms with E-state index in [0.29, 0.717) is 0 Å². The van der Waals surface area contributed by atoms with Crippen molar-refractivity contribution in [3.63, 3.8) is 0 Å². The van der Waals surface area contributed by atoms with E-state index in [-0.39, 0.29) is 35.2 Å². The Labute approximate surface area is 175 Å². The Bertz CT molecular complexity index is 838. The molecule has 0 radical (unpaired) electrons. The van der Waals surface area contributed by atoms with Crippen LogP contribution in [0.4, 0.5) is 5.69 Å². The summed E-state index contributed by atoms with van der Waals surface area (Å²) < 4.78 is 0. The molecule has 1 aromatic rings. The second kappa shape index (κ2) is 9.34. The molecule has 0 spiro atoms. The fourth-order valence-electron chi connectivity index (χ4n) is 3.52. The average molecular weight is 395 g/mol. The lowest BCUT2D eigenvalue weighted by Gasteiger charge is -2.22. The maximum absolute atomic E-state index is 12.1. The first-order valence-corrected chi connectivity index (χ1v) is 10.5. The summed E-state index contributed by atoms with van der Waals surface area (Å²) in [4.78, 5) is 21.6. The Morgan fingerprint density at radius 3 is 1.62 bits per heavy atom. The van der Waals surface area contributed by atoms with Crippen molar-refractivity contribution >= 4 is 23.5 Å². The van der Waals surface area contributed by atoms with Gasteiger partial charge in [0.25, 0.3) is 0 Å². The Morgan fingerprint density at radius 2 is 1.24 bits per heavy atom. The standard InChI is InChI=1S/C25H34N2O2/c1-14(2)20-9-18(28)10-21(15(3)4)24(20)26-13-27-25-22(16(5)6)11-19(29)12-23(25)17(7)8/h9-17,28H,1-8H3. The Kier molecular flexibility index (Phi) is 7.34. The van der Waals surface area contributed by atoms with Crippen LogP contribution in [0.2, 0.25) is 0 Å². The van der Waals surface area contributed by atoms with Crippen molar-refractivity contribution in [3.05, 3.63) is 46.6 Å². The quantitative estimate of drug-likeness (QED) is 0.340. The van der Waals surface area contributed by atoms with Gasteiger partial charge in [-0.1, -0.05) is 55.4 Å². The fraction of sp³-hybridized carbons (Fsp3) is 0.480. The fourth-order valence-corrected chi connectivity index (χ4v) is 3.52. The molecule has 1 aliphatic carbocycles. The summed E-state index contributed by atoms with van der Waals surface area (Å²) >= 11 is 0. The number of aliphatic imine (C=N–C) groups is 2. The third-order valence-corrected chi connectivity index (χ3v) is 5.16. The first-order chi connectivity index (χ1) is 13.5. The molecule has 0 saturated carbocycles. The van der Waals surface area contributed by atoms with Gasteiger partial charge < -0.3 is 5.11 Å². The van der Waals surface area contributed by atoms with Crippen molar-refractivity contribution in [2.75, 3.05) is 0 Å². The normalized spacial score (nSPS) is 15.2. The van der Waals surface area contributed by atoms with Crippen LogP contribution in [-0.4, -0.2) is 22.9 Å². The van der Waals surface area contributed by atoms with E-state index in [1.807, 2.05) is 0 Å². The molecular weight excluding hydrogens is 360 g/mol. The highest BCUT2D eigenvalue weighted by molar-refractivity contribution is 6.24. The third kappa shape index (κ3) is 5.31. The van der Waals surface area contributed by atoms with Gasteiger partial charge in [-0.15, -0.1) is 0 Å². The number of hydrogen-bond donors (Lipinski definition) is 1. The van der Waals surface area contributed by atoms with E-state index in [2.05, 4.69) is 55.4 Å². The Morgan fingerprint density at radius 1 is 0.793 bits per heavy atom. The predicted molar refractivity (Wildman–Crippen MR) is 123 cm³/mol. The van der Waals surface area contributed by atoms with Crippen molar-refractivity contribution in [3.8, 4) is 5.75 Å². The summed E-state index contributed by atoms with van der Waals surface area (Å²) in [6, 6.07) is 3.57. The number of benzene rings is 1. The second-order valence-electron chi connectivity index (χ2n) is 8.92. The number of nitrogens with zero attached hydrogens (tertiary/aromatic N) is 2. The monoisotopic (exact) mass is 394 g/mol. The average Bonchev–Trinajstić information content (AvgIpc) is 2.62. The van der Waals surface area contributed by atoms with E-state index >= 15 is 0 Å². The minimum Gasteiger partial charge on any atom is -0.508 e. The maximum atomic E-state index is 12.1. The molecule has 4 heteroatoms. The first-order valence-electron chi connectivity index (χ1n) is 10.5. The zero-order valence-corrected chi connectivity index (χ0v) is 18.9. The van der Waals surface area contributed by atoms with E-state index in [4.69, 9.17) is 9.98 Å². The second-order valence-corrected chi connectivity index (χ2v) is 8.92. The highest BCUT2D eigenvalue weighted by atomic mass is 16.3. The summed E-state index contributed by atoms with van der Waals surface area (Å²) in [7, 11) is 0. The Hall–Kier alpha value is -2.49. The molecule has 2 rings (SSSR count). The molecule has 0 bridgehead atoms. The van der Waals surface area contributed by atoms with E-state index in [9.17, 15) is 9.90 Å². The molecule has 1 aromatic carbocycles. The number of aromatic hydroxyl groups is 1. The van der Waals surface area contributed by atoms with Gasteiger partial charge in [-0.3, -0.25) is 4.79 Å². The molecular formula is C25H34N2O2. The lowest BCUT2D eigenvalue weighted by atomic mass is 9.83. The van der Waals surface area contributed by atoms with E-state index in [1.54, 1.807) is 30.6 Å². The van der Waals surface area contributed by atoms with E-state index in [1.165, 1.54) is 0 Å². The number of hydrogen-bond acceptors (Lipinski definition) is 3. The van der Waals surface area contributed by atoms with Gasteiger partial charge in [0.2, 0.25) is 0 Å². The summed E-state index contributed by atoms with van der Waals surface area (Å²) in [5.41, 5.74) is 5.62. The van der Waals surface area contributed by atoms with Crippen LogP contribution in [-0.2, 0) is 4.79 Å². The van der Waals surface area contributed by atoms with Gasteiger partial charge in [-0.05, 0) is 70.2 Å². The van der Waals surface area contributed by atoms with Crippen LogP contribution in [0.3, 0.4) is 0 Å². The summed E-state index contributed by atoms with van der Waals surface area (Å²) in [5, 5.41) is 10.1. The number of phenolic OH excluding ortho intramolecular Hbond substituents is 1. The van der Waals surface area contributed by atoms with Gasteiger partial charge >= 0.3 is 0 Å². The zero-order valence-electron chi connectivity index (χ0n) is 18.9. The molecule has 156 valence electrons. The summed E-state index contributed by atoms with van der Waals surface area (Å²) in [6.07, 6.45) is 4.97. The zero-order chi connectivity index (χ0) is 21.9. The van der Waals surface area contributed by atoms with Crippen LogP contribution in [0.15, 0.2) is 45.4 Å². The van der Waals surface area contributed by atoms with Crippen molar-refractivity contribution in [1.29, 1.82) is 0 Å². The molecule has 0 heterocycles. The van der Waals surface area contributed by atoms with E-state index < -0.39 is 0 Å².